The van der Waals surface area contributed by atoms with Crippen LogP contribution in [0.15, 0.2) is 40.4 Å². The van der Waals surface area contributed by atoms with Crippen molar-refractivity contribution in [2.45, 2.75) is 6.92 Å². The predicted molar refractivity (Wildman–Crippen MR) is 81.9 cm³/mol. The summed E-state index contributed by atoms with van der Waals surface area (Å²) in [6.45, 7) is 1.73. The number of aromatic amines is 1. The molecule has 0 saturated heterocycles. The van der Waals surface area contributed by atoms with Gasteiger partial charge in [-0.3, -0.25) is 4.79 Å². The number of hydrogen-bond donors (Lipinski definition) is 1. The van der Waals surface area contributed by atoms with Crippen LogP contribution in [0.3, 0.4) is 0 Å². The first-order valence-electron chi connectivity index (χ1n) is 6.59. The SMILES string of the molecule is Cc1noc(-c2csc(C(=O)c3c[nH]c4ccccc34)n2)n1. The first-order chi connectivity index (χ1) is 10.7. The number of hydrogen-bond acceptors (Lipinski definition) is 6. The second-order valence-corrected chi connectivity index (χ2v) is 5.62. The molecule has 1 N–H and O–H groups in total. The van der Waals surface area contributed by atoms with Crippen LogP contribution in [0.25, 0.3) is 22.5 Å². The van der Waals surface area contributed by atoms with Crippen LogP contribution in [-0.4, -0.2) is 25.9 Å². The lowest BCUT2D eigenvalue weighted by Crippen LogP contribution is -1.99. The van der Waals surface area contributed by atoms with Gasteiger partial charge in [-0.05, 0) is 13.0 Å². The minimum atomic E-state index is -0.120. The van der Waals surface area contributed by atoms with Crippen LogP contribution in [0.2, 0.25) is 0 Å². The average molecular weight is 310 g/mol. The summed E-state index contributed by atoms with van der Waals surface area (Å²) in [6, 6.07) is 7.67. The molecular formula is C15H10N4O2S. The summed E-state index contributed by atoms with van der Waals surface area (Å²) in [5.74, 6) is 0.740. The molecule has 22 heavy (non-hydrogen) atoms. The molecule has 0 bridgehead atoms. The largest absolute Gasteiger partial charge is 0.360 e. The molecule has 0 radical (unpaired) electrons. The monoisotopic (exact) mass is 310 g/mol. The van der Waals surface area contributed by atoms with Crippen molar-refractivity contribution in [2.75, 3.05) is 0 Å². The predicted octanol–water partition coefficient (Wildman–Crippen LogP) is 3.21. The molecule has 0 fully saturated rings. The molecule has 0 unspecified atom stereocenters. The number of ketones is 1. The van der Waals surface area contributed by atoms with E-state index < -0.39 is 0 Å². The zero-order chi connectivity index (χ0) is 15.1. The van der Waals surface area contributed by atoms with Crippen molar-refractivity contribution >= 4 is 28.0 Å². The highest BCUT2D eigenvalue weighted by molar-refractivity contribution is 7.12. The number of fused-ring (bicyclic) bond motifs is 1. The van der Waals surface area contributed by atoms with E-state index in [0.717, 1.165) is 10.9 Å². The fourth-order valence-electron chi connectivity index (χ4n) is 2.25. The van der Waals surface area contributed by atoms with E-state index in [4.69, 9.17) is 4.52 Å². The molecule has 0 aliphatic heterocycles. The maximum absolute atomic E-state index is 12.6. The number of carbonyl (C=O) groups is 1. The Balaban J connectivity index is 1.73. The minimum absolute atomic E-state index is 0.120. The van der Waals surface area contributed by atoms with E-state index >= 15 is 0 Å². The molecule has 0 atom stereocenters. The van der Waals surface area contributed by atoms with Gasteiger partial charge in [0, 0.05) is 22.5 Å². The number of carbonyl (C=O) groups excluding carboxylic acids is 1. The van der Waals surface area contributed by atoms with Gasteiger partial charge in [0.1, 0.15) is 5.69 Å². The maximum atomic E-state index is 12.6. The van der Waals surface area contributed by atoms with Crippen LogP contribution < -0.4 is 0 Å². The van der Waals surface area contributed by atoms with Crippen molar-refractivity contribution in [3.05, 3.63) is 52.2 Å². The van der Waals surface area contributed by atoms with Gasteiger partial charge >= 0.3 is 0 Å². The van der Waals surface area contributed by atoms with Crippen LogP contribution in [0, 0.1) is 6.92 Å². The lowest BCUT2D eigenvalue weighted by Gasteiger charge is -1.94. The van der Waals surface area contributed by atoms with E-state index in [1.807, 2.05) is 24.3 Å². The highest BCUT2D eigenvalue weighted by atomic mass is 32.1. The van der Waals surface area contributed by atoms with Gasteiger partial charge in [0.05, 0.1) is 5.56 Å². The first kappa shape index (κ1) is 12.9. The third-order valence-corrected chi connectivity index (χ3v) is 4.12. The fraction of sp³-hybridized carbons (Fsp3) is 0.0667. The first-order valence-corrected chi connectivity index (χ1v) is 7.47. The Morgan fingerprint density at radius 2 is 2.14 bits per heavy atom. The van der Waals surface area contributed by atoms with Gasteiger partial charge in [0.25, 0.3) is 5.89 Å². The summed E-state index contributed by atoms with van der Waals surface area (Å²) >= 11 is 1.27. The van der Waals surface area contributed by atoms with Gasteiger partial charge in [-0.15, -0.1) is 11.3 Å². The Morgan fingerprint density at radius 1 is 1.27 bits per heavy atom. The number of aryl methyl sites for hydroxylation is 1. The summed E-state index contributed by atoms with van der Waals surface area (Å²) in [5, 5.41) is 6.76. The van der Waals surface area contributed by atoms with Crippen molar-refractivity contribution in [3.8, 4) is 11.6 Å². The number of nitrogens with one attached hydrogen (secondary N) is 1. The van der Waals surface area contributed by atoms with Crippen LogP contribution in [0.4, 0.5) is 0 Å². The molecule has 4 rings (SSSR count). The second-order valence-electron chi connectivity index (χ2n) is 4.76. The van der Waals surface area contributed by atoms with Gasteiger partial charge in [0.2, 0.25) is 5.78 Å². The molecule has 0 aliphatic rings. The molecule has 108 valence electrons. The number of aromatic nitrogens is 4. The van der Waals surface area contributed by atoms with E-state index in [9.17, 15) is 4.79 Å². The van der Waals surface area contributed by atoms with Gasteiger partial charge in [0.15, 0.2) is 10.8 Å². The summed E-state index contributed by atoms with van der Waals surface area (Å²) in [7, 11) is 0. The molecule has 0 amide bonds. The van der Waals surface area contributed by atoms with Gasteiger partial charge in [-0.1, -0.05) is 23.4 Å². The van der Waals surface area contributed by atoms with E-state index in [1.54, 1.807) is 18.5 Å². The third-order valence-electron chi connectivity index (χ3n) is 3.28. The van der Waals surface area contributed by atoms with Crippen molar-refractivity contribution in [3.63, 3.8) is 0 Å². The summed E-state index contributed by atoms with van der Waals surface area (Å²) in [5.41, 5.74) is 2.06. The molecule has 6 nitrogen and oxygen atoms in total. The van der Waals surface area contributed by atoms with Gasteiger partial charge in [-0.25, -0.2) is 4.98 Å². The van der Waals surface area contributed by atoms with E-state index in [0.29, 0.717) is 28.0 Å². The van der Waals surface area contributed by atoms with E-state index in [2.05, 4.69) is 20.1 Å². The molecule has 7 heteroatoms. The number of benzene rings is 1. The topological polar surface area (TPSA) is 84.7 Å². The highest BCUT2D eigenvalue weighted by Gasteiger charge is 2.19. The number of H-pyrrole nitrogens is 1. The maximum Gasteiger partial charge on any atom is 0.277 e. The number of thiazole rings is 1. The van der Waals surface area contributed by atoms with Crippen molar-refractivity contribution in [2.24, 2.45) is 0 Å². The lowest BCUT2D eigenvalue weighted by atomic mass is 10.1. The Hall–Kier alpha value is -2.80. The molecule has 3 aromatic heterocycles. The van der Waals surface area contributed by atoms with Crippen molar-refractivity contribution in [1.82, 2.24) is 20.1 Å². The Bertz CT molecular complexity index is 982. The van der Waals surface area contributed by atoms with Gasteiger partial charge in [-0.2, -0.15) is 4.98 Å². The summed E-state index contributed by atoms with van der Waals surface area (Å²) in [6.07, 6.45) is 1.71. The van der Waals surface area contributed by atoms with Crippen LogP contribution in [0.5, 0.6) is 0 Å². The minimum Gasteiger partial charge on any atom is -0.360 e. The smallest absolute Gasteiger partial charge is 0.277 e. The molecule has 0 saturated carbocycles. The molecular weight excluding hydrogens is 300 g/mol. The quantitative estimate of drug-likeness (QED) is 0.587. The Morgan fingerprint density at radius 3 is 2.95 bits per heavy atom. The third kappa shape index (κ3) is 2.03. The van der Waals surface area contributed by atoms with E-state index in [-0.39, 0.29) is 5.78 Å². The number of nitrogens with zero attached hydrogens (tertiary/aromatic N) is 3. The molecule has 4 aromatic rings. The Kier molecular flexibility index (Phi) is 2.87. The molecule has 1 aromatic carbocycles. The summed E-state index contributed by atoms with van der Waals surface area (Å²) in [4.78, 5) is 24.2. The molecule has 3 heterocycles. The highest BCUT2D eigenvalue weighted by Crippen LogP contribution is 2.25. The van der Waals surface area contributed by atoms with E-state index in [1.165, 1.54) is 11.3 Å². The van der Waals surface area contributed by atoms with Crippen molar-refractivity contribution < 1.29 is 9.32 Å². The van der Waals surface area contributed by atoms with Gasteiger partial charge < -0.3 is 9.51 Å². The fourth-order valence-corrected chi connectivity index (χ4v) is 3.00. The number of para-hydroxylation sites is 1. The normalized spacial score (nSPS) is 11.1. The Labute approximate surface area is 128 Å². The average Bonchev–Trinajstić information content (AvgIpc) is 3.25. The molecule has 0 spiro atoms. The van der Waals surface area contributed by atoms with Crippen molar-refractivity contribution in [1.29, 1.82) is 0 Å². The standard InChI is InChI=1S/C15H10N4O2S/c1-8-17-14(21-19-8)12-7-22-15(18-12)13(20)10-6-16-11-5-3-2-4-9(10)11/h2-7,16H,1H3. The second kappa shape index (κ2) is 4.88. The zero-order valence-electron chi connectivity index (χ0n) is 11.5. The van der Waals surface area contributed by atoms with Crippen LogP contribution in [0.1, 0.15) is 21.2 Å². The lowest BCUT2D eigenvalue weighted by molar-refractivity contribution is 0.104. The van der Waals surface area contributed by atoms with Crippen LogP contribution in [-0.2, 0) is 0 Å². The molecule has 0 aliphatic carbocycles. The number of rotatable bonds is 3. The zero-order valence-corrected chi connectivity index (χ0v) is 12.3. The summed E-state index contributed by atoms with van der Waals surface area (Å²) < 4.78 is 5.07. The van der Waals surface area contributed by atoms with Crippen LogP contribution >= 0.6 is 11.3 Å².